The maximum atomic E-state index is 11.3. The molecule has 0 heterocycles. The van der Waals surface area contributed by atoms with Crippen LogP contribution in [0.4, 0.5) is 0 Å². The molecule has 4 heteroatoms. The highest BCUT2D eigenvalue weighted by Gasteiger charge is 2.50. The largest absolute Gasteiger partial charge is 0.465 e. The van der Waals surface area contributed by atoms with E-state index in [0.717, 1.165) is 6.42 Å². The van der Waals surface area contributed by atoms with Gasteiger partial charge in [-0.15, -0.1) is 0 Å². The molecule has 68 valence electrons. The number of nitrogens with two attached hydrogens (primary N) is 1. The van der Waals surface area contributed by atoms with Gasteiger partial charge >= 0.3 is 5.97 Å². The Balaban J connectivity index is 2.67. The van der Waals surface area contributed by atoms with Gasteiger partial charge in [0.1, 0.15) is 5.41 Å². The van der Waals surface area contributed by atoms with Crippen LogP contribution < -0.4 is 5.73 Å². The van der Waals surface area contributed by atoms with Crippen LogP contribution in [0.3, 0.4) is 0 Å². The van der Waals surface area contributed by atoms with Crippen molar-refractivity contribution in [2.45, 2.75) is 26.2 Å². The molecule has 1 saturated carbocycles. The minimum absolute atomic E-state index is 0.299. The lowest BCUT2D eigenvalue weighted by Crippen LogP contribution is -2.49. The predicted octanol–water partition coefficient (Wildman–Crippen LogP) is 0.205. The molecule has 0 aliphatic heterocycles. The first-order valence-electron chi connectivity index (χ1n) is 4.10. The molecule has 1 aliphatic rings. The van der Waals surface area contributed by atoms with Crippen LogP contribution in [0.5, 0.6) is 0 Å². The predicted molar refractivity (Wildman–Crippen MR) is 42.1 cm³/mol. The van der Waals surface area contributed by atoms with Crippen molar-refractivity contribution in [2.24, 2.45) is 11.1 Å². The van der Waals surface area contributed by atoms with E-state index < -0.39 is 17.3 Å². The van der Waals surface area contributed by atoms with Gasteiger partial charge in [-0.3, -0.25) is 9.59 Å². The van der Waals surface area contributed by atoms with Crippen molar-refractivity contribution < 1.29 is 14.3 Å². The lowest BCUT2D eigenvalue weighted by Gasteiger charge is -2.35. The molecular weight excluding hydrogens is 158 g/mol. The van der Waals surface area contributed by atoms with Gasteiger partial charge in [0.15, 0.2) is 0 Å². The molecule has 0 atom stereocenters. The number of rotatable bonds is 3. The van der Waals surface area contributed by atoms with Crippen LogP contribution in [0.15, 0.2) is 0 Å². The molecule has 1 rings (SSSR count). The molecule has 4 nitrogen and oxygen atoms in total. The highest BCUT2D eigenvalue weighted by atomic mass is 16.5. The quantitative estimate of drug-likeness (QED) is 0.487. The molecule has 0 aromatic heterocycles. The summed E-state index contributed by atoms with van der Waals surface area (Å²) in [5, 5.41) is 0. The van der Waals surface area contributed by atoms with Crippen molar-refractivity contribution in [2.75, 3.05) is 6.61 Å². The van der Waals surface area contributed by atoms with E-state index in [1.165, 1.54) is 0 Å². The van der Waals surface area contributed by atoms with Crippen molar-refractivity contribution >= 4 is 11.9 Å². The number of primary amides is 1. The first-order valence-corrected chi connectivity index (χ1v) is 4.10. The van der Waals surface area contributed by atoms with E-state index in [9.17, 15) is 9.59 Å². The summed E-state index contributed by atoms with van der Waals surface area (Å²) in [6, 6.07) is 0. The lowest BCUT2D eigenvalue weighted by atomic mass is 9.68. The molecule has 0 aromatic carbocycles. The van der Waals surface area contributed by atoms with Crippen molar-refractivity contribution in [3.05, 3.63) is 0 Å². The molecule has 0 unspecified atom stereocenters. The first kappa shape index (κ1) is 9.03. The molecule has 1 fully saturated rings. The van der Waals surface area contributed by atoms with Crippen LogP contribution in [0.1, 0.15) is 26.2 Å². The Bertz CT molecular complexity index is 208. The molecule has 0 bridgehead atoms. The average molecular weight is 171 g/mol. The van der Waals surface area contributed by atoms with Gasteiger partial charge in [-0.25, -0.2) is 0 Å². The van der Waals surface area contributed by atoms with Gasteiger partial charge in [0.2, 0.25) is 5.91 Å². The number of amides is 1. The Morgan fingerprint density at radius 1 is 1.50 bits per heavy atom. The number of carbonyl (C=O) groups is 2. The molecule has 2 N–H and O–H groups in total. The summed E-state index contributed by atoms with van der Waals surface area (Å²) in [4.78, 5) is 22.2. The molecule has 12 heavy (non-hydrogen) atoms. The summed E-state index contributed by atoms with van der Waals surface area (Å²) >= 11 is 0. The summed E-state index contributed by atoms with van der Waals surface area (Å²) in [6.07, 6.45) is 1.96. The van der Waals surface area contributed by atoms with E-state index in [-0.39, 0.29) is 0 Å². The maximum Gasteiger partial charge on any atom is 0.321 e. The Hall–Kier alpha value is -1.06. The summed E-state index contributed by atoms with van der Waals surface area (Å²) in [5.41, 5.74) is 4.13. The lowest BCUT2D eigenvalue weighted by molar-refractivity contribution is -0.165. The standard InChI is InChI=1S/C8H13NO3/c1-2-12-7(11)8(6(9)10)4-3-5-8/h2-5H2,1H3,(H2,9,10). The molecule has 0 saturated heterocycles. The average Bonchev–Trinajstić information content (AvgIpc) is 1.83. The number of esters is 1. The van der Waals surface area contributed by atoms with Crippen molar-refractivity contribution in [1.82, 2.24) is 0 Å². The Morgan fingerprint density at radius 2 is 2.08 bits per heavy atom. The summed E-state index contributed by atoms with van der Waals surface area (Å²) in [5.74, 6) is -1.00. The van der Waals surface area contributed by atoms with E-state index >= 15 is 0 Å². The third-order valence-corrected chi connectivity index (χ3v) is 2.34. The second-order valence-corrected chi connectivity index (χ2v) is 3.02. The number of ether oxygens (including phenoxy) is 1. The third kappa shape index (κ3) is 1.17. The summed E-state index contributed by atoms with van der Waals surface area (Å²) in [6.45, 7) is 2.01. The van der Waals surface area contributed by atoms with Gasteiger partial charge < -0.3 is 10.5 Å². The van der Waals surface area contributed by atoms with Gasteiger partial charge in [0.05, 0.1) is 6.61 Å². The monoisotopic (exact) mass is 171 g/mol. The minimum Gasteiger partial charge on any atom is -0.465 e. The summed E-state index contributed by atoms with van der Waals surface area (Å²) < 4.78 is 4.77. The van der Waals surface area contributed by atoms with Crippen LogP contribution in [0, 0.1) is 5.41 Å². The SMILES string of the molecule is CCOC(=O)C1(C(N)=O)CCC1. The topological polar surface area (TPSA) is 69.4 Å². The van der Waals surface area contributed by atoms with Gasteiger partial charge in [0, 0.05) is 0 Å². The van der Waals surface area contributed by atoms with Crippen LogP contribution in [-0.4, -0.2) is 18.5 Å². The number of hydrogen-bond donors (Lipinski definition) is 1. The van der Waals surface area contributed by atoms with E-state index in [2.05, 4.69) is 0 Å². The molecule has 0 radical (unpaired) electrons. The van der Waals surface area contributed by atoms with Crippen molar-refractivity contribution in [3.8, 4) is 0 Å². The molecule has 1 aliphatic carbocycles. The normalized spacial score (nSPS) is 19.4. The zero-order valence-electron chi connectivity index (χ0n) is 7.13. The van der Waals surface area contributed by atoms with Crippen molar-refractivity contribution in [1.29, 1.82) is 0 Å². The first-order chi connectivity index (χ1) is 5.63. The number of hydrogen-bond acceptors (Lipinski definition) is 3. The second-order valence-electron chi connectivity index (χ2n) is 3.02. The fourth-order valence-corrected chi connectivity index (χ4v) is 1.35. The second kappa shape index (κ2) is 3.13. The highest BCUT2D eigenvalue weighted by molar-refractivity contribution is 6.02. The fourth-order valence-electron chi connectivity index (χ4n) is 1.35. The van der Waals surface area contributed by atoms with Crippen LogP contribution in [-0.2, 0) is 14.3 Å². The van der Waals surface area contributed by atoms with Crippen molar-refractivity contribution in [3.63, 3.8) is 0 Å². The minimum atomic E-state index is -0.990. The maximum absolute atomic E-state index is 11.3. The number of carbonyl (C=O) groups excluding carboxylic acids is 2. The Morgan fingerprint density at radius 3 is 2.33 bits per heavy atom. The molecule has 0 aromatic rings. The van der Waals surface area contributed by atoms with Gasteiger partial charge in [0.25, 0.3) is 0 Å². The smallest absolute Gasteiger partial charge is 0.321 e. The summed E-state index contributed by atoms with van der Waals surface area (Å²) in [7, 11) is 0. The Labute approximate surface area is 71.1 Å². The molecule has 0 spiro atoms. The van der Waals surface area contributed by atoms with Crippen LogP contribution in [0.25, 0.3) is 0 Å². The van der Waals surface area contributed by atoms with E-state index in [1.807, 2.05) is 0 Å². The zero-order valence-corrected chi connectivity index (χ0v) is 7.13. The van der Waals surface area contributed by atoms with Gasteiger partial charge in [-0.1, -0.05) is 6.42 Å². The zero-order chi connectivity index (χ0) is 9.19. The van der Waals surface area contributed by atoms with Crippen LogP contribution >= 0.6 is 0 Å². The van der Waals surface area contributed by atoms with E-state index in [0.29, 0.717) is 19.4 Å². The highest BCUT2D eigenvalue weighted by Crippen LogP contribution is 2.41. The molecule has 1 amide bonds. The van der Waals surface area contributed by atoms with E-state index in [1.54, 1.807) is 6.92 Å². The molecular formula is C8H13NO3. The van der Waals surface area contributed by atoms with Gasteiger partial charge in [-0.2, -0.15) is 0 Å². The van der Waals surface area contributed by atoms with E-state index in [4.69, 9.17) is 10.5 Å². The third-order valence-electron chi connectivity index (χ3n) is 2.34. The Kier molecular flexibility index (Phi) is 2.35. The fraction of sp³-hybridized carbons (Fsp3) is 0.750. The van der Waals surface area contributed by atoms with Gasteiger partial charge in [-0.05, 0) is 19.8 Å². The van der Waals surface area contributed by atoms with Crippen LogP contribution in [0.2, 0.25) is 0 Å².